The summed E-state index contributed by atoms with van der Waals surface area (Å²) in [4.78, 5) is 10.7. The van der Waals surface area contributed by atoms with Gasteiger partial charge in [-0.3, -0.25) is 9.88 Å². The first-order chi connectivity index (χ1) is 16.3. The van der Waals surface area contributed by atoms with E-state index in [4.69, 9.17) is 4.98 Å². The maximum absolute atomic E-state index is 13.1. The molecule has 1 fully saturated rings. The van der Waals surface area contributed by atoms with Gasteiger partial charge in [-0.1, -0.05) is 30.3 Å². The lowest BCUT2D eigenvalue weighted by atomic mass is 10.00. The average Bonchev–Trinajstić information content (AvgIpc) is 2.94. The van der Waals surface area contributed by atoms with Crippen molar-refractivity contribution in [3.8, 4) is 11.3 Å². The smallest absolute Gasteiger partial charge is 0.366 e. The Morgan fingerprint density at radius 3 is 2.82 bits per heavy atom. The molecule has 4 aliphatic rings. The number of alkyl halides is 3. The molecule has 1 aromatic rings. The first-order valence-electron chi connectivity index (χ1n) is 11.4. The quantitative estimate of drug-likeness (QED) is 0.434. The molecule has 0 radical (unpaired) electrons. The summed E-state index contributed by atoms with van der Waals surface area (Å²) in [7, 11) is 2.10. The second-order valence-corrected chi connectivity index (χ2v) is 10.1. The van der Waals surface area contributed by atoms with Crippen LogP contribution in [0.5, 0.6) is 0 Å². The van der Waals surface area contributed by atoms with Gasteiger partial charge < -0.3 is 9.62 Å². The number of aryl methyl sites for hydroxylation is 1. The molecule has 0 saturated carbocycles. The van der Waals surface area contributed by atoms with Gasteiger partial charge in [-0.25, -0.2) is 0 Å². The third kappa shape index (κ3) is 4.49. The van der Waals surface area contributed by atoms with Crippen molar-refractivity contribution < 1.29 is 13.2 Å². The van der Waals surface area contributed by atoms with Crippen LogP contribution in [0.3, 0.4) is 0 Å². The van der Waals surface area contributed by atoms with Crippen molar-refractivity contribution in [2.75, 3.05) is 36.3 Å². The van der Waals surface area contributed by atoms with Crippen molar-refractivity contribution in [3.63, 3.8) is 0 Å². The predicted molar refractivity (Wildman–Crippen MR) is 134 cm³/mol. The van der Waals surface area contributed by atoms with Crippen molar-refractivity contribution in [2.45, 2.75) is 32.0 Å². The van der Waals surface area contributed by atoms with Gasteiger partial charge in [0.2, 0.25) is 0 Å². The summed E-state index contributed by atoms with van der Waals surface area (Å²) >= 11 is 1.62. The Balaban J connectivity index is 1.41. The maximum atomic E-state index is 13.1. The molecule has 1 saturated heterocycles. The van der Waals surface area contributed by atoms with Crippen LogP contribution in [0.4, 0.5) is 24.5 Å². The van der Waals surface area contributed by atoms with Crippen LogP contribution in [0.1, 0.15) is 30.0 Å². The van der Waals surface area contributed by atoms with Gasteiger partial charge in [-0.15, -0.1) is 0 Å². The molecular formula is C26H27F3N4S. The second kappa shape index (κ2) is 9.15. The monoisotopic (exact) mass is 484 g/mol. The van der Waals surface area contributed by atoms with E-state index < -0.39 is 11.7 Å². The molecular weight excluding hydrogens is 457 g/mol. The van der Waals surface area contributed by atoms with Crippen LogP contribution in [-0.4, -0.2) is 42.6 Å². The zero-order valence-corrected chi connectivity index (χ0v) is 20.0. The molecule has 0 spiro atoms. The number of benzene rings is 1. The summed E-state index contributed by atoms with van der Waals surface area (Å²) in [6.45, 7) is 4.67. The fourth-order valence-electron chi connectivity index (χ4n) is 4.88. The van der Waals surface area contributed by atoms with E-state index in [1.165, 1.54) is 22.6 Å². The van der Waals surface area contributed by atoms with E-state index in [-0.39, 0.29) is 6.04 Å². The van der Waals surface area contributed by atoms with Crippen molar-refractivity contribution in [1.82, 2.24) is 9.88 Å². The van der Waals surface area contributed by atoms with Gasteiger partial charge in [0.15, 0.2) is 0 Å². The number of likely N-dealkylation sites (N-methyl/N-ethyl adjacent to an activating group) is 1. The number of piperazine rings is 1. The van der Waals surface area contributed by atoms with Gasteiger partial charge >= 0.3 is 6.18 Å². The number of halogens is 3. The maximum Gasteiger partial charge on any atom is 0.416 e. The molecule has 3 aliphatic heterocycles. The number of anilines is 2. The third-order valence-corrected chi connectivity index (χ3v) is 7.46. The highest BCUT2D eigenvalue weighted by molar-refractivity contribution is 8.04. The molecule has 1 N–H and O–H groups in total. The topological polar surface area (TPSA) is 31.4 Å². The first kappa shape index (κ1) is 23.1. The Bertz CT molecular complexity index is 1190. The molecule has 1 atom stereocenters. The molecule has 1 aliphatic carbocycles. The predicted octanol–water partition coefficient (Wildman–Crippen LogP) is 6.39. The summed E-state index contributed by atoms with van der Waals surface area (Å²) in [5, 5.41) is 0. The molecule has 4 nitrogen and oxygen atoms in total. The Morgan fingerprint density at radius 2 is 2.00 bits per heavy atom. The molecule has 34 heavy (non-hydrogen) atoms. The van der Waals surface area contributed by atoms with Crippen LogP contribution < -0.4 is 9.62 Å². The number of hydrogen-bond acceptors (Lipinski definition) is 5. The Kier molecular flexibility index (Phi) is 6.20. The fourth-order valence-corrected chi connectivity index (χ4v) is 5.54. The van der Waals surface area contributed by atoms with Crippen molar-refractivity contribution in [3.05, 3.63) is 70.3 Å². The summed E-state index contributed by atoms with van der Waals surface area (Å²) in [5.74, 6) is 0. The van der Waals surface area contributed by atoms with Gasteiger partial charge in [-0.2, -0.15) is 13.2 Å². The number of nitrogens with one attached hydrogen (secondary N) is 1. The van der Waals surface area contributed by atoms with Crippen LogP contribution in [0.2, 0.25) is 0 Å². The number of fused-ring (bicyclic) bond motifs is 3. The molecule has 178 valence electrons. The zero-order chi connectivity index (χ0) is 23.9. The SMILES string of the molecule is CC1=Cc2c(c3ccccnc-3c2N2CCN(C)[C@@H](CCc3cccc(C(F)(F)F)c3)C2)NS1. The lowest BCUT2D eigenvalue weighted by molar-refractivity contribution is -0.137. The van der Waals surface area contributed by atoms with Gasteiger partial charge in [0.1, 0.15) is 0 Å². The Hall–Kier alpha value is -2.71. The normalized spacial score (nSPS) is 19.0. The van der Waals surface area contributed by atoms with Crippen molar-refractivity contribution >= 4 is 29.4 Å². The van der Waals surface area contributed by atoms with Crippen LogP contribution in [0, 0.1) is 0 Å². The second-order valence-electron chi connectivity index (χ2n) is 9.01. The minimum absolute atomic E-state index is 0.234. The summed E-state index contributed by atoms with van der Waals surface area (Å²) in [6.07, 6.45) is 1.15. The van der Waals surface area contributed by atoms with Crippen molar-refractivity contribution in [1.29, 1.82) is 0 Å². The lowest BCUT2D eigenvalue weighted by Crippen LogP contribution is -2.51. The number of aromatic nitrogens is 1. The summed E-state index contributed by atoms with van der Waals surface area (Å²) < 4.78 is 42.9. The highest BCUT2D eigenvalue weighted by Crippen LogP contribution is 2.50. The summed E-state index contributed by atoms with van der Waals surface area (Å²) in [5.41, 5.74) is 5.65. The van der Waals surface area contributed by atoms with E-state index in [0.29, 0.717) is 6.42 Å². The van der Waals surface area contributed by atoms with Gasteiger partial charge in [-0.05, 0) is 62.5 Å². The van der Waals surface area contributed by atoms with Crippen LogP contribution in [0.15, 0.2) is 53.6 Å². The van der Waals surface area contributed by atoms with E-state index in [1.807, 2.05) is 18.3 Å². The van der Waals surface area contributed by atoms with E-state index >= 15 is 0 Å². The first-order valence-corrected chi connectivity index (χ1v) is 12.3. The molecule has 8 heteroatoms. The van der Waals surface area contributed by atoms with Crippen LogP contribution >= 0.6 is 11.9 Å². The highest BCUT2D eigenvalue weighted by Gasteiger charge is 2.33. The van der Waals surface area contributed by atoms with Crippen molar-refractivity contribution in [2.24, 2.45) is 0 Å². The fraction of sp³-hybridized carbons (Fsp3) is 0.346. The lowest BCUT2D eigenvalue weighted by Gasteiger charge is -2.41. The standard InChI is InChI=1S/C26H27F3N4S/c1-17-14-22-23(31-34-17)21-8-3-4-11-30-24(21)25(22)33-13-12-32(2)20(16-33)10-9-18-6-5-7-19(15-18)26(27,28)29/h3-8,11,14-15,20,31H,9-10,12-13,16H2,1-2H3/t20-/m0/s1. The van der Waals surface area contributed by atoms with E-state index in [9.17, 15) is 13.2 Å². The van der Waals surface area contributed by atoms with Gasteiger partial charge in [0.25, 0.3) is 0 Å². The number of allylic oxidation sites excluding steroid dienone is 1. The highest BCUT2D eigenvalue weighted by atomic mass is 32.2. The molecule has 0 unspecified atom stereocenters. The molecule has 5 rings (SSSR count). The molecule has 0 bridgehead atoms. The third-order valence-electron chi connectivity index (χ3n) is 6.71. The minimum atomic E-state index is -4.31. The molecule has 0 amide bonds. The molecule has 1 aromatic carbocycles. The average molecular weight is 485 g/mol. The van der Waals surface area contributed by atoms with E-state index in [1.54, 1.807) is 18.0 Å². The van der Waals surface area contributed by atoms with Crippen LogP contribution in [0.25, 0.3) is 17.3 Å². The number of hydrogen-bond donors (Lipinski definition) is 1. The minimum Gasteiger partial charge on any atom is -0.366 e. The number of nitrogens with zero attached hydrogens (tertiary/aromatic N) is 3. The molecule has 0 aromatic heterocycles. The number of rotatable bonds is 4. The largest absolute Gasteiger partial charge is 0.416 e. The van der Waals surface area contributed by atoms with Gasteiger partial charge in [0, 0.05) is 47.9 Å². The summed E-state index contributed by atoms with van der Waals surface area (Å²) in [6, 6.07) is 12.0. The zero-order valence-electron chi connectivity index (χ0n) is 19.2. The van der Waals surface area contributed by atoms with E-state index in [0.717, 1.165) is 60.3 Å². The Morgan fingerprint density at radius 1 is 1.15 bits per heavy atom. The Labute approximate surface area is 202 Å². The van der Waals surface area contributed by atoms with Crippen LogP contribution in [-0.2, 0) is 12.6 Å². The van der Waals surface area contributed by atoms with Gasteiger partial charge in [0.05, 0.1) is 22.6 Å². The molecule has 3 heterocycles. The van der Waals surface area contributed by atoms with E-state index in [2.05, 4.69) is 40.6 Å².